The van der Waals surface area contributed by atoms with Gasteiger partial charge < -0.3 is 0 Å². The zero-order chi connectivity index (χ0) is 10.3. The van der Waals surface area contributed by atoms with Crippen LogP contribution in [0.3, 0.4) is 0 Å². The van der Waals surface area contributed by atoms with Crippen LogP contribution in [-0.2, 0) is 0 Å². The Hall–Kier alpha value is -1.49. The molecule has 0 aliphatic rings. The van der Waals surface area contributed by atoms with E-state index >= 15 is 0 Å². The van der Waals surface area contributed by atoms with E-state index < -0.39 is 0 Å². The Morgan fingerprint density at radius 1 is 1.43 bits per heavy atom. The molecule has 1 aromatic carbocycles. The molecule has 0 bridgehead atoms. The van der Waals surface area contributed by atoms with E-state index in [2.05, 4.69) is 4.98 Å². The van der Waals surface area contributed by atoms with Gasteiger partial charge in [-0.1, -0.05) is 0 Å². The van der Waals surface area contributed by atoms with Crippen molar-refractivity contribution in [3.8, 4) is 0 Å². The molecule has 0 amide bonds. The van der Waals surface area contributed by atoms with Crippen molar-refractivity contribution in [3.05, 3.63) is 32.8 Å². The van der Waals surface area contributed by atoms with Gasteiger partial charge in [-0.2, -0.15) is 0 Å². The summed E-state index contributed by atoms with van der Waals surface area (Å²) in [6.45, 7) is 3.64. The number of benzene rings is 1. The molecule has 0 aliphatic heterocycles. The lowest BCUT2D eigenvalue weighted by molar-refractivity contribution is -0.385. The van der Waals surface area contributed by atoms with E-state index in [0.29, 0.717) is 11.1 Å². The van der Waals surface area contributed by atoms with E-state index in [-0.39, 0.29) is 10.6 Å². The van der Waals surface area contributed by atoms with Crippen molar-refractivity contribution in [2.24, 2.45) is 0 Å². The summed E-state index contributed by atoms with van der Waals surface area (Å²) in [5, 5.41) is 11.6. The number of fused-ring (bicyclic) bond motifs is 1. The Labute approximate surface area is 84.4 Å². The number of nitro groups is 1. The third-order valence-electron chi connectivity index (χ3n) is 2.01. The highest BCUT2D eigenvalue weighted by atomic mass is 32.1. The van der Waals surface area contributed by atoms with Gasteiger partial charge in [-0.15, -0.1) is 11.3 Å². The first-order valence-electron chi connectivity index (χ1n) is 4.10. The van der Waals surface area contributed by atoms with Crippen molar-refractivity contribution in [1.82, 2.24) is 4.98 Å². The normalized spacial score (nSPS) is 10.7. The second-order valence-corrected chi connectivity index (χ2v) is 4.33. The minimum Gasteiger partial charge on any atom is -0.258 e. The van der Waals surface area contributed by atoms with Crippen molar-refractivity contribution >= 4 is 27.2 Å². The Balaban J connectivity index is 2.76. The quantitative estimate of drug-likeness (QED) is 0.534. The summed E-state index contributed by atoms with van der Waals surface area (Å²) in [6.07, 6.45) is 0. The number of aryl methyl sites for hydroxylation is 2. The van der Waals surface area contributed by atoms with Crippen LogP contribution >= 0.6 is 11.3 Å². The van der Waals surface area contributed by atoms with E-state index in [1.165, 1.54) is 6.07 Å². The van der Waals surface area contributed by atoms with Crippen LogP contribution in [0.4, 0.5) is 5.69 Å². The monoisotopic (exact) mass is 208 g/mol. The molecule has 72 valence electrons. The second-order valence-electron chi connectivity index (χ2n) is 3.10. The molecule has 0 radical (unpaired) electrons. The van der Waals surface area contributed by atoms with Crippen LogP contribution in [0.2, 0.25) is 0 Å². The zero-order valence-corrected chi connectivity index (χ0v) is 8.59. The lowest BCUT2D eigenvalue weighted by Crippen LogP contribution is -1.90. The van der Waals surface area contributed by atoms with Crippen LogP contribution in [0, 0.1) is 24.0 Å². The lowest BCUT2D eigenvalue weighted by atomic mass is 10.2. The van der Waals surface area contributed by atoms with Gasteiger partial charge in [-0.25, -0.2) is 4.98 Å². The first kappa shape index (κ1) is 9.08. The molecule has 0 saturated heterocycles. The molecule has 0 aliphatic carbocycles. The Kier molecular flexibility index (Phi) is 1.96. The van der Waals surface area contributed by atoms with Gasteiger partial charge in [0.05, 0.1) is 20.1 Å². The van der Waals surface area contributed by atoms with Gasteiger partial charge in [0.2, 0.25) is 0 Å². The number of nitrogens with zero attached hydrogens (tertiary/aromatic N) is 2. The Morgan fingerprint density at radius 3 is 2.79 bits per heavy atom. The molecule has 2 aromatic rings. The molecule has 0 saturated carbocycles. The maximum Gasteiger partial charge on any atom is 0.274 e. The molecule has 0 fully saturated rings. The van der Waals surface area contributed by atoms with Crippen LogP contribution in [-0.4, -0.2) is 9.91 Å². The molecule has 5 heteroatoms. The Morgan fingerprint density at radius 2 is 2.14 bits per heavy atom. The lowest BCUT2D eigenvalue weighted by Gasteiger charge is -1.95. The molecule has 0 unspecified atom stereocenters. The third kappa shape index (κ3) is 1.35. The average molecular weight is 208 g/mol. The molecule has 0 atom stereocenters. The maximum absolute atomic E-state index is 10.7. The SMILES string of the molecule is Cc1nc2cc([N+](=O)[O-])c(C)cc2s1. The van der Waals surface area contributed by atoms with E-state index in [9.17, 15) is 10.1 Å². The summed E-state index contributed by atoms with van der Waals surface area (Å²) in [7, 11) is 0. The molecule has 1 aromatic heterocycles. The predicted octanol–water partition coefficient (Wildman–Crippen LogP) is 2.82. The summed E-state index contributed by atoms with van der Waals surface area (Å²) in [5.41, 5.74) is 1.54. The second kappa shape index (κ2) is 3.02. The van der Waals surface area contributed by atoms with Gasteiger partial charge >= 0.3 is 0 Å². The standard InChI is InChI=1S/C9H8N2O2S/c1-5-3-9-7(10-6(2)14-9)4-8(5)11(12)13/h3-4H,1-2H3. The summed E-state index contributed by atoms with van der Waals surface area (Å²) in [6, 6.07) is 3.35. The molecule has 1 heterocycles. The summed E-state index contributed by atoms with van der Waals surface area (Å²) >= 11 is 1.55. The van der Waals surface area contributed by atoms with Crippen LogP contribution in [0.25, 0.3) is 10.2 Å². The van der Waals surface area contributed by atoms with E-state index in [4.69, 9.17) is 0 Å². The fourth-order valence-corrected chi connectivity index (χ4v) is 2.28. The summed E-state index contributed by atoms with van der Waals surface area (Å²) < 4.78 is 1.01. The number of thiazole rings is 1. The highest BCUT2D eigenvalue weighted by Crippen LogP contribution is 2.28. The molecule has 0 N–H and O–H groups in total. The molecular weight excluding hydrogens is 200 g/mol. The summed E-state index contributed by atoms with van der Waals surface area (Å²) in [5.74, 6) is 0. The van der Waals surface area contributed by atoms with Gasteiger partial charge in [-0.3, -0.25) is 10.1 Å². The molecule has 2 rings (SSSR count). The van der Waals surface area contributed by atoms with Crippen molar-refractivity contribution < 1.29 is 4.92 Å². The molecule has 4 nitrogen and oxygen atoms in total. The fraction of sp³-hybridized carbons (Fsp3) is 0.222. The highest BCUT2D eigenvalue weighted by Gasteiger charge is 2.13. The summed E-state index contributed by atoms with van der Waals surface area (Å²) in [4.78, 5) is 14.5. The average Bonchev–Trinajstić information content (AvgIpc) is 2.42. The highest BCUT2D eigenvalue weighted by molar-refractivity contribution is 7.18. The van der Waals surface area contributed by atoms with E-state index in [1.807, 2.05) is 13.0 Å². The van der Waals surface area contributed by atoms with Crippen LogP contribution in [0.1, 0.15) is 10.6 Å². The number of rotatable bonds is 1. The minimum absolute atomic E-state index is 0.141. The van der Waals surface area contributed by atoms with Crippen molar-refractivity contribution in [3.63, 3.8) is 0 Å². The van der Waals surface area contributed by atoms with Crippen molar-refractivity contribution in [1.29, 1.82) is 0 Å². The number of nitro benzene ring substituents is 1. The molecular formula is C9H8N2O2S. The topological polar surface area (TPSA) is 56.0 Å². The number of hydrogen-bond donors (Lipinski definition) is 0. The van der Waals surface area contributed by atoms with Crippen molar-refractivity contribution in [2.45, 2.75) is 13.8 Å². The number of aromatic nitrogens is 1. The van der Waals surface area contributed by atoms with Crippen LogP contribution in [0.15, 0.2) is 12.1 Å². The molecule has 14 heavy (non-hydrogen) atoms. The van der Waals surface area contributed by atoms with Crippen LogP contribution < -0.4 is 0 Å². The molecule has 0 spiro atoms. The third-order valence-corrected chi connectivity index (χ3v) is 2.94. The Bertz CT molecular complexity index is 519. The maximum atomic E-state index is 10.7. The number of hydrogen-bond acceptors (Lipinski definition) is 4. The first-order valence-corrected chi connectivity index (χ1v) is 4.92. The van der Waals surface area contributed by atoms with Crippen LogP contribution in [0.5, 0.6) is 0 Å². The van der Waals surface area contributed by atoms with Gasteiger partial charge in [0.15, 0.2) is 0 Å². The predicted molar refractivity (Wildman–Crippen MR) is 55.7 cm³/mol. The van der Waals surface area contributed by atoms with Gasteiger partial charge in [0.25, 0.3) is 5.69 Å². The van der Waals surface area contributed by atoms with Gasteiger partial charge in [0.1, 0.15) is 0 Å². The van der Waals surface area contributed by atoms with E-state index in [0.717, 1.165) is 9.71 Å². The largest absolute Gasteiger partial charge is 0.274 e. The first-order chi connectivity index (χ1) is 6.58. The minimum atomic E-state index is -0.372. The van der Waals surface area contributed by atoms with Gasteiger partial charge in [0, 0.05) is 11.6 Å². The zero-order valence-electron chi connectivity index (χ0n) is 7.77. The fourth-order valence-electron chi connectivity index (χ4n) is 1.38. The van der Waals surface area contributed by atoms with Crippen molar-refractivity contribution in [2.75, 3.05) is 0 Å². The van der Waals surface area contributed by atoms with Gasteiger partial charge in [-0.05, 0) is 19.9 Å². The smallest absolute Gasteiger partial charge is 0.258 e. The van der Waals surface area contributed by atoms with E-state index in [1.54, 1.807) is 18.3 Å².